The number of ether oxygens (including phenoxy) is 2. The van der Waals surface area contributed by atoms with Gasteiger partial charge >= 0.3 is 0 Å². The molecule has 3 aromatic rings. The van der Waals surface area contributed by atoms with E-state index < -0.39 is 0 Å². The summed E-state index contributed by atoms with van der Waals surface area (Å²) in [6.45, 7) is 7.37. The van der Waals surface area contributed by atoms with Gasteiger partial charge in [0.25, 0.3) is 5.91 Å². The van der Waals surface area contributed by atoms with Crippen LogP contribution in [0.4, 0.5) is 5.69 Å². The van der Waals surface area contributed by atoms with Crippen molar-refractivity contribution in [3.05, 3.63) is 89.0 Å². The van der Waals surface area contributed by atoms with E-state index in [1.807, 2.05) is 24.3 Å². The van der Waals surface area contributed by atoms with Crippen LogP contribution in [-0.2, 0) is 5.41 Å². The monoisotopic (exact) mass is 415 g/mol. The van der Waals surface area contributed by atoms with Crippen molar-refractivity contribution in [2.45, 2.75) is 26.2 Å². The Morgan fingerprint density at radius 3 is 2.16 bits per heavy atom. The van der Waals surface area contributed by atoms with E-state index in [0.29, 0.717) is 47.1 Å². The summed E-state index contributed by atoms with van der Waals surface area (Å²) in [5.41, 5.74) is 3.34. The van der Waals surface area contributed by atoms with Crippen LogP contribution in [0, 0.1) is 0 Å². The van der Waals surface area contributed by atoms with Gasteiger partial charge in [-0.25, -0.2) is 0 Å². The average Bonchev–Trinajstić information content (AvgIpc) is 2.78. The highest BCUT2D eigenvalue weighted by Crippen LogP contribution is 2.31. The summed E-state index contributed by atoms with van der Waals surface area (Å²) in [6.07, 6.45) is 0. The predicted molar refractivity (Wildman–Crippen MR) is 120 cm³/mol. The van der Waals surface area contributed by atoms with Gasteiger partial charge in [-0.2, -0.15) is 0 Å². The molecular weight excluding hydrogens is 390 g/mol. The van der Waals surface area contributed by atoms with E-state index in [4.69, 9.17) is 9.47 Å². The Kier molecular flexibility index (Phi) is 5.51. The predicted octanol–water partition coefficient (Wildman–Crippen LogP) is 5.24. The highest BCUT2D eigenvalue weighted by Gasteiger charge is 2.17. The summed E-state index contributed by atoms with van der Waals surface area (Å²) < 4.78 is 11.0. The molecule has 0 aliphatic carbocycles. The van der Waals surface area contributed by atoms with Gasteiger partial charge in [0, 0.05) is 22.4 Å². The van der Waals surface area contributed by atoms with Crippen molar-refractivity contribution >= 4 is 17.4 Å². The van der Waals surface area contributed by atoms with Crippen LogP contribution in [0.15, 0.2) is 66.7 Å². The highest BCUT2D eigenvalue weighted by molar-refractivity contribution is 6.10. The number of ketones is 1. The van der Waals surface area contributed by atoms with Gasteiger partial charge in [-0.1, -0.05) is 57.2 Å². The van der Waals surface area contributed by atoms with Crippen molar-refractivity contribution in [2.24, 2.45) is 0 Å². The fourth-order valence-electron chi connectivity index (χ4n) is 3.41. The lowest BCUT2D eigenvalue weighted by Gasteiger charge is -2.19. The molecule has 5 nitrogen and oxygen atoms in total. The Labute approximate surface area is 182 Å². The largest absolute Gasteiger partial charge is 0.486 e. The van der Waals surface area contributed by atoms with Crippen LogP contribution in [0.5, 0.6) is 11.5 Å². The Balaban J connectivity index is 1.50. The lowest BCUT2D eigenvalue weighted by atomic mass is 9.86. The zero-order valence-electron chi connectivity index (χ0n) is 17.9. The number of carbonyl (C=O) groups excluding carboxylic acids is 2. The SMILES string of the molecule is CC(C)(C)c1ccc(C(=O)c2cccc(NC(=O)c3ccc4c(c3)OCCO4)c2)cc1. The first-order valence-corrected chi connectivity index (χ1v) is 10.3. The van der Waals surface area contributed by atoms with Gasteiger partial charge in [-0.15, -0.1) is 0 Å². The number of hydrogen-bond acceptors (Lipinski definition) is 4. The van der Waals surface area contributed by atoms with E-state index >= 15 is 0 Å². The first-order valence-electron chi connectivity index (χ1n) is 10.3. The average molecular weight is 415 g/mol. The molecule has 1 heterocycles. The van der Waals surface area contributed by atoms with Crippen molar-refractivity contribution in [3.63, 3.8) is 0 Å². The third-order valence-corrected chi connectivity index (χ3v) is 5.20. The summed E-state index contributed by atoms with van der Waals surface area (Å²) in [5.74, 6) is 0.821. The minimum atomic E-state index is -0.281. The second-order valence-corrected chi connectivity index (χ2v) is 8.55. The number of carbonyl (C=O) groups is 2. The zero-order valence-corrected chi connectivity index (χ0v) is 17.9. The van der Waals surface area contributed by atoms with Gasteiger partial charge in [0.2, 0.25) is 0 Å². The lowest BCUT2D eigenvalue weighted by Crippen LogP contribution is -2.17. The molecule has 5 heteroatoms. The van der Waals surface area contributed by atoms with E-state index in [1.54, 1.807) is 42.5 Å². The van der Waals surface area contributed by atoms with Crippen molar-refractivity contribution in [2.75, 3.05) is 18.5 Å². The molecule has 3 aromatic carbocycles. The fourth-order valence-corrected chi connectivity index (χ4v) is 3.41. The van der Waals surface area contributed by atoms with Gasteiger partial charge in [0.05, 0.1) is 0 Å². The van der Waals surface area contributed by atoms with Crippen LogP contribution < -0.4 is 14.8 Å². The molecule has 158 valence electrons. The Hall–Kier alpha value is -3.60. The molecule has 1 aliphatic heterocycles. The van der Waals surface area contributed by atoms with Crippen LogP contribution in [0.2, 0.25) is 0 Å². The Bertz CT molecular complexity index is 1130. The van der Waals surface area contributed by atoms with Crippen molar-refractivity contribution in [3.8, 4) is 11.5 Å². The molecule has 0 bridgehead atoms. The molecule has 4 rings (SSSR count). The molecule has 0 atom stereocenters. The first kappa shape index (κ1) is 20.7. The van der Waals surface area contributed by atoms with E-state index in [9.17, 15) is 9.59 Å². The van der Waals surface area contributed by atoms with Crippen molar-refractivity contribution in [1.82, 2.24) is 0 Å². The van der Waals surface area contributed by atoms with E-state index in [0.717, 1.165) is 0 Å². The summed E-state index contributed by atoms with van der Waals surface area (Å²) in [5, 5.41) is 2.85. The third-order valence-electron chi connectivity index (χ3n) is 5.20. The first-order chi connectivity index (χ1) is 14.8. The molecule has 0 unspecified atom stereocenters. The van der Waals surface area contributed by atoms with Crippen LogP contribution in [0.25, 0.3) is 0 Å². The minimum Gasteiger partial charge on any atom is -0.486 e. The van der Waals surface area contributed by atoms with Gasteiger partial charge in [0.15, 0.2) is 17.3 Å². The number of amides is 1. The number of anilines is 1. The Morgan fingerprint density at radius 2 is 1.45 bits per heavy atom. The van der Waals surface area contributed by atoms with Crippen molar-refractivity contribution in [1.29, 1.82) is 0 Å². The molecule has 1 N–H and O–H groups in total. The summed E-state index contributed by atoms with van der Waals surface area (Å²) in [6, 6.07) is 19.7. The van der Waals surface area contributed by atoms with Crippen LogP contribution in [0.3, 0.4) is 0 Å². The lowest BCUT2D eigenvalue weighted by molar-refractivity contribution is 0.102. The maximum atomic E-state index is 12.9. The smallest absolute Gasteiger partial charge is 0.255 e. The molecule has 0 fully saturated rings. The standard InChI is InChI=1S/C26H25NO4/c1-26(2,3)20-10-7-17(8-11-20)24(28)18-5-4-6-21(15-18)27-25(29)19-9-12-22-23(16-19)31-14-13-30-22/h4-12,15-16H,13-14H2,1-3H3,(H,27,29). The normalized spacial score (nSPS) is 12.9. The summed E-state index contributed by atoms with van der Waals surface area (Å²) in [4.78, 5) is 25.6. The molecule has 0 saturated carbocycles. The molecule has 31 heavy (non-hydrogen) atoms. The minimum absolute atomic E-state index is 0.0274. The fraction of sp³-hybridized carbons (Fsp3) is 0.231. The second kappa shape index (κ2) is 8.26. The molecule has 1 amide bonds. The van der Waals surface area contributed by atoms with Gasteiger partial charge in [-0.05, 0) is 41.3 Å². The third kappa shape index (κ3) is 4.61. The maximum Gasteiger partial charge on any atom is 0.255 e. The van der Waals surface area contributed by atoms with Gasteiger partial charge < -0.3 is 14.8 Å². The second-order valence-electron chi connectivity index (χ2n) is 8.55. The molecular formula is C26H25NO4. The number of hydrogen-bond donors (Lipinski definition) is 1. The summed E-state index contributed by atoms with van der Waals surface area (Å²) in [7, 11) is 0. The van der Waals surface area contributed by atoms with Crippen molar-refractivity contribution < 1.29 is 19.1 Å². The molecule has 0 radical (unpaired) electrons. The molecule has 0 aromatic heterocycles. The number of rotatable bonds is 4. The molecule has 0 saturated heterocycles. The molecule has 0 spiro atoms. The number of fused-ring (bicyclic) bond motifs is 1. The quantitative estimate of drug-likeness (QED) is 0.592. The maximum absolute atomic E-state index is 12.9. The topological polar surface area (TPSA) is 64.6 Å². The van der Waals surface area contributed by atoms with E-state index in [2.05, 4.69) is 26.1 Å². The Morgan fingerprint density at radius 1 is 0.774 bits per heavy atom. The van der Waals surface area contributed by atoms with E-state index in [-0.39, 0.29) is 17.1 Å². The van der Waals surface area contributed by atoms with Crippen LogP contribution in [-0.4, -0.2) is 24.9 Å². The van der Waals surface area contributed by atoms with Gasteiger partial charge in [0.1, 0.15) is 13.2 Å². The number of benzene rings is 3. The van der Waals surface area contributed by atoms with Gasteiger partial charge in [-0.3, -0.25) is 9.59 Å². The molecule has 1 aliphatic rings. The number of nitrogens with one attached hydrogen (secondary N) is 1. The van der Waals surface area contributed by atoms with E-state index in [1.165, 1.54) is 5.56 Å². The van der Waals surface area contributed by atoms with Crippen LogP contribution >= 0.6 is 0 Å². The summed E-state index contributed by atoms with van der Waals surface area (Å²) >= 11 is 0. The highest BCUT2D eigenvalue weighted by atomic mass is 16.6. The zero-order chi connectivity index (χ0) is 22.0. The van der Waals surface area contributed by atoms with Crippen LogP contribution in [0.1, 0.15) is 52.6 Å².